The van der Waals surface area contributed by atoms with E-state index in [2.05, 4.69) is 0 Å². The Labute approximate surface area is 69.1 Å². The van der Waals surface area contributed by atoms with Gasteiger partial charge in [0.15, 0.2) is 5.75 Å². The highest BCUT2D eigenvalue weighted by Gasteiger charge is 2.01. The molecule has 0 amide bonds. The highest BCUT2D eigenvalue weighted by molar-refractivity contribution is 5.75. The average molecular weight is 167 g/mol. The van der Waals surface area contributed by atoms with Gasteiger partial charge in [-0.1, -0.05) is 0 Å². The van der Waals surface area contributed by atoms with Gasteiger partial charge in [0.25, 0.3) is 5.56 Å². The Kier molecular flexibility index (Phi) is 2.28. The third-order valence-electron chi connectivity index (χ3n) is 1.39. The van der Waals surface area contributed by atoms with Crippen molar-refractivity contribution in [1.29, 1.82) is 0 Å². The van der Waals surface area contributed by atoms with Crippen molar-refractivity contribution in [2.45, 2.75) is 13.5 Å². The molecule has 0 radical (unpaired) electrons. The van der Waals surface area contributed by atoms with Crippen molar-refractivity contribution in [2.75, 3.05) is 0 Å². The number of aromatic nitrogens is 1. The molecule has 4 heteroatoms. The van der Waals surface area contributed by atoms with E-state index >= 15 is 0 Å². The minimum Gasteiger partial charge on any atom is -0.503 e. The standard InChI is InChI=1S/C8H9NO3/c1-6(10)5-9-4-2-3-7(11)8(9)12/h2-4,11H,5H2,1H3. The van der Waals surface area contributed by atoms with Crippen molar-refractivity contribution in [3.05, 3.63) is 28.7 Å². The lowest BCUT2D eigenvalue weighted by Gasteiger charge is -2.01. The molecule has 0 atom stereocenters. The monoisotopic (exact) mass is 167 g/mol. The van der Waals surface area contributed by atoms with Crippen molar-refractivity contribution in [1.82, 2.24) is 4.57 Å². The quantitative estimate of drug-likeness (QED) is 0.681. The van der Waals surface area contributed by atoms with Gasteiger partial charge in [-0.05, 0) is 19.1 Å². The number of carbonyl (C=O) groups excluding carboxylic acids is 1. The van der Waals surface area contributed by atoms with E-state index in [4.69, 9.17) is 5.11 Å². The maximum absolute atomic E-state index is 11.1. The van der Waals surface area contributed by atoms with Gasteiger partial charge in [-0.3, -0.25) is 9.59 Å². The molecule has 0 saturated carbocycles. The Morgan fingerprint density at radius 3 is 2.92 bits per heavy atom. The molecule has 0 aliphatic heterocycles. The van der Waals surface area contributed by atoms with Crippen LogP contribution in [-0.2, 0) is 11.3 Å². The van der Waals surface area contributed by atoms with Crippen LogP contribution in [0, 0.1) is 0 Å². The van der Waals surface area contributed by atoms with Crippen molar-refractivity contribution in [3.63, 3.8) is 0 Å². The van der Waals surface area contributed by atoms with Crippen LogP contribution in [0.3, 0.4) is 0 Å². The highest BCUT2D eigenvalue weighted by Crippen LogP contribution is 1.97. The number of hydrogen-bond donors (Lipinski definition) is 1. The molecule has 0 spiro atoms. The molecule has 1 N–H and O–H groups in total. The van der Waals surface area contributed by atoms with Crippen LogP contribution >= 0.6 is 0 Å². The van der Waals surface area contributed by atoms with Gasteiger partial charge in [0.05, 0.1) is 6.54 Å². The summed E-state index contributed by atoms with van der Waals surface area (Å²) in [6.45, 7) is 1.39. The molecule has 0 saturated heterocycles. The molecule has 0 aliphatic rings. The van der Waals surface area contributed by atoms with E-state index in [1.165, 1.54) is 25.3 Å². The largest absolute Gasteiger partial charge is 0.503 e. The average Bonchev–Trinajstić information content (AvgIpc) is 1.98. The fourth-order valence-corrected chi connectivity index (χ4v) is 0.889. The summed E-state index contributed by atoms with van der Waals surface area (Å²) in [7, 11) is 0. The van der Waals surface area contributed by atoms with Gasteiger partial charge >= 0.3 is 0 Å². The van der Waals surface area contributed by atoms with Gasteiger partial charge in [-0.25, -0.2) is 0 Å². The SMILES string of the molecule is CC(=O)Cn1cccc(O)c1=O. The number of rotatable bonds is 2. The molecule has 0 aliphatic carbocycles. The van der Waals surface area contributed by atoms with Crippen LogP contribution in [0.2, 0.25) is 0 Å². The molecule has 0 unspecified atom stereocenters. The van der Waals surface area contributed by atoms with Crippen LogP contribution in [0.4, 0.5) is 0 Å². The summed E-state index contributed by atoms with van der Waals surface area (Å²) >= 11 is 0. The first-order valence-electron chi connectivity index (χ1n) is 3.49. The first-order valence-corrected chi connectivity index (χ1v) is 3.49. The topological polar surface area (TPSA) is 59.3 Å². The second kappa shape index (κ2) is 3.21. The van der Waals surface area contributed by atoms with E-state index in [0.717, 1.165) is 4.57 Å². The lowest BCUT2D eigenvalue weighted by Crippen LogP contribution is -2.21. The van der Waals surface area contributed by atoms with Crippen molar-refractivity contribution < 1.29 is 9.90 Å². The highest BCUT2D eigenvalue weighted by atomic mass is 16.3. The van der Waals surface area contributed by atoms with Crippen molar-refractivity contribution in [2.24, 2.45) is 0 Å². The summed E-state index contributed by atoms with van der Waals surface area (Å²) in [5, 5.41) is 8.97. The Morgan fingerprint density at radius 2 is 2.33 bits per heavy atom. The van der Waals surface area contributed by atoms with Gasteiger partial charge in [0.1, 0.15) is 5.78 Å². The maximum atomic E-state index is 11.1. The zero-order valence-electron chi connectivity index (χ0n) is 6.65. The Bertz CT molecular complexity index is 354. The molecule has 4 nitrogen and oxygen atoms in total. The van der Waals surface area contributed by atoms with Crippen LogP contribution in [0.15, 0.2) is 23.1 Å². The summed E-state index contributed by atoms with van der Waals surface area (Å²) in [5.41, 5.74) is -0.535. The molecule has 0 aromatic carbocycles. The number of carbonyl (C=O) groups is 1. The second-order valence-electron chi connectivity index (χ2n) is 2.53. The summed E-state index contributed by atoms with van der Waals surface area (Å²) in [5.74, 6) is -0.457. The van der Waals surface area contributed by atoms with Crippen LogP contribution in [0.5, 0.6) is 5.75 Å². The third-order valence-corrected chi connectivity index (χ3v) is 1.39. The summed E-state index contributed by atoms with van der Waals surface area (Å²) in [4.78, 5) is 21.7. The predicted molar refractivity (Wildman–Crippen MR) is 43.0 cm³/mol. The van der Waals surface area contributed by atoms with E-state index in [-0.39, 0.29) is 18.1 Å². The molecular formula is C8H9NO3. The maximum Gasteiger partial charge on any atom is 0.293 e. The van der Waals surface area contributed by atoms with Crippen LogP contribution in [0.1, 0.15) is 6.92 Å². The number of nitrogens with zero attached hydrogens (tertiary/aromatic N) is 1. The zero-order valence-corrected chi connectivity index (χ0v) is 6.65. The fourth-order valence-electron chi connectivity index (χ4n) is 0.889. The summed E-state index contributed by atoms with van der Waals surface area (Å²) in [6, 6.07) is 2.80. The number of pyridine rings is 1. The van der Waals surface area contributed by atoms with Gasteiger partial charge in [-0.2, -0.15) is 0 Å². The van der Waals surface area contributed by atoms with E-state index in [1.807, 2.05) is 0 Å². The van der Waals surface area contributed by atoms with Crippen molar-refractivity contribution in [3.8, 4) is 5.75 Å². The first kappa shape index (κ1) is 8.52. The van der Waals surface area contributed by atoms with Crippen molar-refractivity contribution >= 4 is 5.78 Å². The van der Waals surface area contributed by atoms with Gasteiger partial charge < -0.3 is 9.67 Å². The molecule has 1 rings (SSSR count). The minimum atomic E-state index is -0.535. The zero-order chi connectivity index (χ0) is 9.14. The Morgan fingerprint density at radius 1 is 1.67 bits per heavy atom. The molecule has 12 heavy (non-hydrogen) atoms. The van der Waals surface area contributed by atoms with E-state index in [0.29, 0.717) is 0 Å². The predicted octanol–water partition coefficient (Wildman–Crippen LogP) is 0.143. The van der Waals surface area contributed by atoms with E-state index in [1.54, 1.807) is 0 Å². The number of aromatic hydroxyl groups is 1. The van der Waals surface area contributed by atoms with Gasteiger partial charge in [0, 0.05) is 6.20 Å². The first-order chi connectivity index (χ1) is 5.61. The fraction of sp³-hybridized carbons (Fsp3) is 0.250. The summed E-state index contributed by atoms with van der Waals surface area (Å²) < 4.78 is 1.16. The molecule has 64 valence electrons. The number of ketones is 1. The molecule has 0 fully saturated rings. The Hall–Kier alpha value is -1.58. The molecule has 0 bridgehead atoms. The Balaban J connectivity index is 3.09. The van der Waals surface area contributed by atoms with E-state index in [9.17, 15) is 9.59 Å². The van der Waals surface area contributed by atoms with Gasteiger partial charge in [-0.15, -0.1) is 0 Å². The molecular weight excluding hydrogens is 158 g/mol. The lowest BCUT2D eigenvalue weighted by atomic mass is 10.4. The van der Waals surface area contributed by atoms with E-state index < -0.39 is 5.56 Å². The normalized spacial score (nSPS) is 9.75. The molecule has 1 heterocycles. The molecule has 1 aromatic rings. The summed E-state index contributed by atoms with van der Waals surface area (Å²) in [6.07, 6.45) is 1.46. The lowest BCUT2D eigenvalue weighted by molar-refractivity contribution is -0.117. The van der Waals surface area contributed by atoms with Crippen LogP contribution in [-0.4, -0.2) is 15.5 Å². The van der Waals surface area contributed by atoms with Crippen LogP contribution in [0.25, 0.3) is 0 Å². The molecule has 1 aromatic heterocycles. The second-order valence-corrected chi connectivity index (χ2v) is 2.53. The third kappa shape index (κ3) is 1.72. The number of Topliss-reactive ketones (excluding diaryl/α,β-unsaturated/α-hetero) is 1. The van der Waals surface area contributed by atoms with Crippen LogP contribution < -0.4 is 5.56 Å². The minimum absolute atomic E-state index is 0.00718. The smallest absolute Gasteiger partial charge is 0.293 e. The number of hydrogen-bond acceptors (Lipinski definition) is 3. The van der Waals surface area contributed by atoms with Gasteiger partial charge in [0.2, 0.25) is 0 Å².